The molecule has 0 bridgehead atoms. The molecule has 6 heteroatoms. The number of aryl methyl sites for hydroxylation is 3. The van der Waals surface area contributed by atoms with Crippen molar-refractivity contribution in [3.63, 3.8) is 0 Å². The predicted molar refractivity (Wildman–Crippen MR) is 146 cm³/mol. The number of carbonyl (C=O) groups is 2. The van der Waals surface area contributed by atoms with Gasteiger partial charge in [-0.1, -0.05) is 73.2 Å². The van der Waals surface area contributed by atoms with Crippen LogP contribution in [-0.4, -0.2) is 21.8 Å². The molecule has 1 atom stereocenters. The number of aromatic nitrogens is 1. The third-order valence-corrected chi connectivity index (χ3v) is 7.87. The van der Waals surface area contributed by atoms with E-state index in [2.05, 4.69) is 19.9 Å². The lowest BCUT2D eigenvalue weighted by molar-refractivity contribution is -0.132. The van der Waals surface area contributed by atoms with Gasteiger partial charge < -0.3 is 5.11 Å². The second-order valence-corrected chi connectivity index (χ2v) is 10.8. The van der Waals surface area contributed by atoms with Crippen LogP contribution in [0.15, 0.2) is 66.2 Å². The normalized spacial score (nSPS) is 17.5. The Morgan fingerprint density at radius 3 is 2.44 bits per heavy atom. The Labute approximate surface area is 214 Å². The van der Waals surface area contributed by atoms with Gasteiger partial charge in [0.15, 0.2) is 5.13 Å². The number of amides is 1. The number of nitrogens with zero attached hydrogens (tertiary/aromatic N) is 2. The quantitative estimate of drug-likeness (QED) is 0.188. The van der Waals surface area contributed by atoms with Crippen molar-refractivity contribution in [2.24, 2.45) is 0 Å². The summed E-state index contributed by atoms with van der Waals surface area (Å²) >= 11 is 1.39. The molecule has 1 aliphatic rings. The molecule has 0 saturated carbocycles. The summed E-state index contributed by atoms with van der Waals surface area (Å²) in [6.45, 7) is 10.2. The standard InChI is InChI=1S/C30H28N2O3S/c1-16(2)20-11-12-23-24(15-20)36-30(31-23)32-26(21-8-6-7-17(3)13-21)25(28(34)29(32)35)27(33)22-10-9-18(4)19(5)14-22/h6-16,26,33H,1-5H3/b27-25+. The maximum absolute atomic E-state index is 13.5. The van der Waals surface area contributed by atoms with Gasteiger partial charge in [0.2, 0.25) is 0 Å². The molecule has 1 aromatic heterocycles. The summed E-state index contributed by atoms with van der Waals surface area (Å²) in [7, 11) is 0. The first-order chi connectivity index (χ1) is 17.2. The zero-order valence-electron chi connectivity index (χ0n) is 21.0. The third-order valence-electron chi connectivity index (χ3n) is 6.86. The van der Waals surface area contributed by atoms with E-state index < -0.39 is 17.7 Å². The number of carbonyl (C=O) groups excluding carboxylic acids is 2. The van der Waals surface area contributed by atoms with Gasteiger partial charge in [0.25, 0.3) is 5.78 Å². The molecule has 3 aromatic carbocycles. The van der Waals surface area contributed by atoms with Crippen LogP contribution in [0, 0.1) is 20.8 Å². The van der Waals surface area contributed by atoms with Crippen LogP contribution in [0.4, 0.5) is 5.13 Å². The predicted octanol–water partition coefficient (Wildman–Crippen LogP) is 6.97. The average Bonchev–Trinajstić information content (AvgIpc) is 3.38. The first-order valence-electron chi connectivity index (χ1n) is 12.0. The second-order valence-electron chi connectivity index (χ2n) is 9.76. The number of aliphatic hydroxyl groups is 1. The largest absolute Gasteiger partial charge is 0.507 e. The molecule has 36 heavy (non-hydrogen) atoms. The number of rotatable bonds is 4. The lowest BCUT2D eigenvalue weighted by Crippen LogP contribution is -2.29. The molecule has 1 aliphatic heterocycles. The molecule has 1 amide bonds. The van der Waals surface area contributed by atoms with Crippen molar-refractivity contribution in [3.05, 3.63) is 99.6 Å². The fourth-order valence-electron chi connectivity index (χ4n) is 4.62. The summed E-state index contributed by atoms with van der Waals surface area (Å²) in [5, 5.41) is 11.8. The number of hydrogen-bond donors (Lipinski definition) is 1. The fourth-order valence-corrected chi connectivity index (χ4v) is 5.66. The van der Waals surface area contributed by atoms with E-state index in [9.17, 15) is 14.7 Å². The van der Waals surface area contributed by atoms with E-state index >= 15 is 0 Å². The van der Waals surface area contributed by atoms with Gasteiger partial charge in [-0.05, 0) is 67.1 Å². The van der Waals surface area contributed by atoms with Crippen LogP contribution in [0.1, 0.15) is 59.2 Å². The smallest absolute Gasteiger partial charge is 0.301 e. The average molecular weight is 497 g/mol. The highest BCUT2D eigenvalue weighted by Crippen LogP contribution is 2.44. The summed E-state index contributed by atoms with van der Waals surface area (Å²) in [6, 6.07) is 18.5. The number of Topliss-reactive ketones (excluding diaryl/α,β-unsaturated/α-hetero) is 1. The van der Waals surface area contributed by atoms with Crippen LogP contribution in [0.2, 0.25) is 0 Å². The van der Waals surface area contributed by atoms with Crippen LogP contribution < -0.4 is 4.90 Å². The molecule has 1 unspecified atom stereocenters. The van der Waals surface area contributed by atoms with E-state index in [-0.39, 0.29) is 11.3 Å². The van der Waals surface area contributed by atoms with Gasteiger partial charge in [-0.2, -0.15) is 0 Å². The molecule has 5 nitrogen and oxygen atoms in total. The van der Waals surface area contributed by atoms with E-state index in [0.29, 0.717) is 16.6 Å². The van der Waals surface area contributed by atoms with Gasteiger partial charge in [-0.3, -0.25) is 14.5 Å². The van der Waals surface area contributed by atoms with Gasteiger partial charge in [-0.25, -0.2) is 4.98 Å². The van der Waals surface area contributed by atoms with Gasteiger partial charge in [0.05, 0.1) is 21.8 Å². The molecule has 2 heterocycles. The Morgan fingerprint density at radius 1 is 0.972 bits per heavy atom. The first-order valence-corrected chi connectivity index (χ1v) is 12.8. The van der Waals surface area contributed by atoms with Crippen molar-refractivity contribution in [1.82, 2.24) is 4.98 Å². The number of benzene rings is 3. The minimum Gasteiger partial charge on any atom is -0.507 e. The minimum absolute atomic E-state index is 0.0796. The highest BCUT2D eigenvalue weighted by atomic mass is 32.1. The lowest BCUT2D eigenvalue weighted by Gasteiger charge is -2.23. The second kappa shape index (κ2) is 9.03. The molecule has 0 aliphatic carbocycles. The topological polar surface area (TPSA) is 70.5 Å². The number of ketones is 1. The van der Waals surface area contributed by atoms with E-state index in [4.69, 9.17) is 4.98 Å². The number of thiazole rings is 1. The van der Waals surface area contributed by atoms with Crippen molar-refractivity contribution >= 4 is 44.1 Å². The Morgan fingerprint density at radius 2 is 1.75 bits per heavy atom. The summed E-state index contributed by atoms with van der Waals surface area (Å²) in [6.07, 6.45) is 0. The fraction of sp³-hybridized carbons (Fsp3) is 0.233. The SMILES string of the molecule is Cc1cccc(C2/C(=C(\O)c3ccc(C)c(C)c3)C(=O)C(=O)N2c2nc3ccc(C(C)C)cc3s2)c1. The van der Waals surface area contributed by atoms with Crippen LogP contribution >= 0.6 is 11.3 Å². The molecule has 1 N–H and O–H groups in total. The Balaban J connectivity index is 1.72. The van der Waals surface area contributed by atoms with Crippen molar-refractivity contribution in [2.45, 2.75) is 46.6 Å². The number of aliphatic hydroxyl groups excluding tert-OH is 1. The lowest BCUT2D eigenvalue weighted by atomic mass is 9.93. The highest BCUT2D eigenvalue weighted by molar-refractivity contribution is 7.22. The molecule has 5 rings (SSSR count). The maximum Gasteiger partial charge on any atom is 0.301 e. The molecule has 0 spiro atoms. The Kier molecular flexibility index (Phi) is 6.00. The maximum atomic E-state index is 13.5. The third kappa shape index (κ3) is 4.01. The van der Waals surface area contributed by atoms with Gasteiger partial charge in [0, 0.05) is 5.56 Å². The van der Waals surface area contributed by atoms with E-state index in [1.807, 2.05) is 69.3 Å². The number of hydrogen-bond acceptors (Lipinski definition) is 5. The van der Waals surface area contributed by atoms with E-state index in [1.165, 1.54) is 21.8 Å². The van der Waals surface area contributed by atoms with Gasteiger partial charge in [0.1, 0.15) is 5.76 Å². The number of anilines is 1. The Hall–Kier alpha value is -3.77. The molecule has 1 saturated heterocycles. The van der Waals surface area contributed by atoms with Crippen molar-refractivity contribution in [3.8, 4) is 0 Å². The van der Waals surface area contributed by atoms with Crippen molar-refractivity contribution < 1.29 is 14.7 Å². The number of fused-ring (bicyclic) bond motifs is 1. The summed E-state index contributed by atoms with van der Waals surface area (Å²) in [5.41, 5.74) is 6.38. The van der Waals surface area contributed by atoms with Crippen LogP contribution in [0.3, 0.4) is 0 Å². The van der Waals surface area contributed by atoms with Crippen LogP contribution in [0.25, 0.3) is 16.0 Å². The van der Waals surface area contributed by atoms with Crippen molar-refractivity contribution in [2.75, 3.05) is 4.90 Å². The van der Waals surface area contributed by atoms with Crippen LogP contribution in [0.5, 0.6) is 0 Å². The monoisotopic (exact) mass is 496 g/mol. The molecular formula is C30H28N2O3S. The molecule has 0 radical (unpaired) electrons. The highest BCUT2D eigenvalue weighted by Gasteiger charge is 2.48. The molecular weight excluding hydrogens is 468 g/mol. The summed E-state index contributed by atoms with van der Waals surface area (Å²) in [5.74, 6) is -1.21. The molecule has 182 valence electrons. The van der Waals surface area contributed by atoms with Crippen LogP contribution in [-0.2, 0) is 9.59 Å². The zero-order chi connectivity index (χ0) is 25.7. The first kappa shape index (κ1) is 23.9. The van der Waals surface area contributed by atoms with Gasteiger partial charge in [-0.15, -0.1) is 0 Å². The van der Waals surface area contributed by atoms with E-state index in [0.717, 1.165) is 32.5 Å². The van der Waals surface area contributed by atoms with Gasteiger partial charge >= 0.3 is 5.91 Å². The molecule has 1 fully saturated rings. The Bertz CT molecular complexity index is 1560. The van der Waals surface area contributed by atoms with Crippen molar-refractivity contribution in [1.29, 1.82) is 0 Å². The summed E-state index contributed by atoms with van der Waals surface area (Å²) < 4.78 is 0.954. The van der Waals surface area contributed by atoms with E-state index in [1.54, 1.807) is 6.07 Å². The molecule has 4 aromatic rings. The zero-order valence-corrected chi connectivity index (χ0v) is 21.8. The summed E-state index contributed by atoms with van der Waals surface area (Å²) in [4.78, 5) is 33.1. The minimum atomic E-state index is -0.781.